The van der Waals surface area contributed by atoms with E-state index in [4.69, 9.17) is 5.11 Å². The second kappa shape index (κ2) is 8.34. The van der Waals surface area contributed by atoms with Crippen LogP contribution in [0.5, 0.6) is 0 Å². The number of nitrogens with zero attached hydrogens (tertiary/aromatic N) is 3. The molecular weight excluding hydrogens is 270 g/mol. The Bertz CT molecular complexity index is 346. The van der Waals surface area contributed by atoms with Gasteiger partial charge in [-0.2, -0.15) is 0 Å². The number of carbonyl (C=O) groups is 2. The minimum atomic E-state index is -0.742. The molecular formula is C15H27N3O3. The molecule has 120 valence electrons. The Morgan fingerprint density at radius 1 is 0.810 bits per heavy atom. The van der Waals surface area contributed by atoms with E-state index in [0.717, 1.165) is 52.1 Å². The smallest absolute Gasteiger partial charge is 0.304 e. The second-order valence-corrected chi connectivity index (χ2v) is 6.06. The van der Waals surface area contributed by atoms with Gasteiger partial charge >= 0.3 is 5.97 Å². The molecule has 21 heavy (non-hydrogen) atoms. The van der Waals surface area contributed by atoms with Crippen molar-refractivity contribution in [2.24, 2.45) is 0 Å². The number of likely N-dealkylation sites (tertiary alicyclic amines) is 1. The van der Waals surface area contributed by atoms with Gasteiger partial charge in [0, 0.05) is 45.8 Å². The van der Waals surface area contributed by atoms with Crippen LogP contribution in [0.15, 0.2) is 0 Å². The lowest BCUT2D eigenvalue weighted by Crippen LogP contribution is -2.50. The summed E-state index contributed by atoms with van der Waals surface area (Å²) in [6.07, 6.45) is 4.95. The molecule has 0 saturated carbocycles. The Hall–Kier alpha value is -1.14. The first-order chi connectivity index (χ1) is 10.1. The predicted octanol–water partition coefficient (Wildman–Crippen LogP) is 0.481. The summed E-state index contributed by atoms with van der Waals surface area (Å²) < 4.78 is 0. The van der Waals surface area contributed by atoms with E-state index in [2.05, 4.69) is 9.80 Å². The highest BCUT2D eigenvalue weighted by molar-refractivity contribution is 5.78. The van der Waals surface area contributed by atoms with Crippen LogP contribution in [0.2, 0.25) is 0 Å². The quantitative estimate of drug-likeness (QED) is 0.800. The first-order valence-corrected chi connectivity index (χ1v) is 8.09. The molecule has 1 amide bonds. The van der Waals surface area contributed by atoms with Gasteiger partial charge in [0.2, 0.25) is 5.91 Å². The van der Waals surface area contributed by atoms with Crippen molar-refractivity contribution in [3.05, 3.63) is 0 Å². The standard InChI is InChI=1S/C15H27N3O3/c19-14(18-6-3-1-2-4-7-18)13-17-11-9-16(10-12-17)8-5-15(20)21/h1-13H2,(H,20,21). The highest BCUT2D eigenvalue weighted by Crippen LogP contribution is 2.11. The van der Waals surface area contributed by atoms with E-state index in [-0.39, 0.29) is 12.3 Å². The normalized spacial score (nSPS) is 22.0. The minimum absolute atomic E-state index is 0.201. The molecule has 0 aromatic rings. The fraction of sp³-hybridized carbons (Fsp3) is 0.867. The molecule has 6 nitrogen and oxygen atoms in total. The molecule has 0 spiro atoms. The van der Waals surface area contributed by atoms with E-state index in [9.17, 15) is 9.59 Å². The summed E-state index contributed by atoms with van der Waals surface area (Å²) in [7, 11) is 0. The van der Waals surface area contributed by atoms with E-state index in [0.29, 0.717) is 13.1 Å². The number of carboxylic acids is 1. The molecule has 0 aromatic heterocycles. The van der Waals surface area contributed by atoms with Crippen molar-refractivity contribution < 1.29 is 14.7 Å². The van der Waals surface area contributed by atoms with Crippen LogP contribution in [-0.4, -0.2) is 84.0 Å². The van der Waals surface area contributed by atoms with Crippen molar-refractivity contribution in [1.29, 1.82) is 0 Å². The van der Waals surface area contributed by atoms with Gasteiger partial charge in [-0.1, -0.05) is 12.8 Å². The Morgan fingerprint density at radius 2 is 1.38 bits per heavy atom. The number of carbonyl (C=O) groups excluding carboxylic acids is 1. The number of carboxylic acid groups (broad SMARTS) is 1. The van der Waals surface area contributed by atoms with Crippen molar-refractivity contribution in [1.82, 2.24) is 14.7 Å². The van der Waals surface area contributed by atoms with Gasteiger partial charge in [-0.15, -0.1) is 0 Å². The average molecular weight is 297 g/mol. The minimum Gasteiger partial charge on any atom is -0.481 e. The zero-order valence-electron chi connectivity index (χ0n) is 12.8. The molecule has 2 heterocycles. The van der Waals surface area contributed by atoms with Crippen LogP contribution in [-0.2, 0) is 9.59 Å². The Balaban J connectivity index is 1.67. The van der Waals surface area contributed by atoms with Gasteiger partial charge in [0.25, 0.3) is 0 Å². The van der Waals surface area contributed by atoms with Gasteiger partial charge < -0.3 is 14.9 Å². The van der Waals surface area contributed by atoms with E-state index in [1.807, 2.05) is 4.90 Å². The van der Waals surface area contributed by atoms with E-state index in [1.165, 1.54) is 12.8 Å². The van der Waals surface area contributed by atoms with Crippen molar-refractivity contribution in [3.8, 4) is 0 Å². The summed E-state index contributed by atoms with van der Waals surface area (Å²) in [5.74, 6) is -0.482. The molecule has 0 aliphatic carbocycles. The van der Waals surface area contributed by atoms with E-state index < -0.39 is 5.97 Å². The average Bonchev–Trinajstić information content (AvgIpc) is 2.75. The first kappa shape index (κ1) is 16.2. The number of piperazine rings is 1. The maximum atomic E-state index is 12.3. The lowest BCUT2D eigenvalue weighted by Gasteiger charge is -2.35. The molecule has 0 aromatic carbocycles. The summed E-state index contributed by atoms with van der Waals surface area (Å²) in [5.41, 5.74) is 0. The van der Waals surface area contributed by atoms with Crippen LogP contribution >= 0.6 is 0 Å². The highest BCUT2D eigenvalue weighted by Gasteiger charge is 2.22. The predicted molar refractivity (Wildman–Crippen MR) is 80.2 cm³/mol. The fourth-order valence-corrected chi connectivity index (χ4v) is 3.04. The Kier molecular flexibility index (Phi) is 6.45. The molecule has 6 heteroatoms. The summed E-state index contributed by atoms with van der Waals surface area (Å²) in [6.45, 7) is 6.41. The van der Waals surface area contributed by atoms with Crippen LogP contribution in [0.25, 0.3) is 0 Å². The molecule has 2 rings (SSSR count). The summed E-state index contributed by atoms with van der Waals surface area (Å²) in [4.78, 5) is 29.3. The van der Waals surface area contributed by atoms with Crippen LogP contribution in [0.4, 0.5) is 0 Å². The second-order valence-electron chi connectivity index (χ2n) is 6.06. The van der Waals surface area contributed by atoms with Gasteiger partial charge in [0.15, 0.2) is 0 Å². The SMILES string of the molecule is O=C(O)CCN1CCN(CC(=O)N2CCCCCC2)CC1. The molecule has 0 unspecified atom stereocenters. The molecule has 2 saturated heterocycles. The molecule has 0 atom stereocenters. The third-order valence-electron chi connectivity index (χ3n) is 4.42. The van der Waals surface area contributed by atoms with Crippen LogP contribution in [0.1, 0.15) is 32.1 Å². The van der Waals surface area contributed by atoms with Gasteiger partial charge in [-0.05, 0) is 12.8 Å². The van der Waals surface area contributed by atoms with Gasteiger partial charge in [0.05, 0.1) is 13.0 Å². The highest BCUT2D eigenvalue weighted by atomic mass is 16.4. The van der Waals surface area contributed by atoms with Crippen LogP contribution < -0.4 is 0 Å². The van der Waals surface area contributed by atoms with Gasteiger partial charge in [-0.3, -0.25) is 14.5 Å². The van der Waals surface area contributed by atoms with Crippen molar-refractivity contribution in [2.45, 2.75) is 32.1 Å². The molecule has 1 N–H and O–H groups in total. The van der Waals surface area contributed by atoms with Crippen molar-refractivity contribution in [2.75, 3.05) is 52.4 Å². The zero-order chi connectivity index (χ0) is 15.1. The maximum Gasteiger partial charge on any atom is 0.304 e. The molecule has 0 bridgehead atoms. The van der Waals surface area contributed by atoms with Crippen molar-refractivity contribution >= 4 is 11.9 Å². The molecule has 0 radical (unpaired) electrons. The van der Waals surface area contributed by atoms with E-state index >= 15 is 0 Å². The molecule has 2 aliphatic heterocycles. The third kappa shape index (κ3) is 5.63. The van der Waals surface area contributed by atoms with Crippen LogP contribution in [0, 0.1) is 0 Å². The van der Waals surface area contributed by atoms with Crippen molar-refractivity contribution in [3.63, 3.8) is 0 Å². The topological polar surface area (TPSA) is 64.1 Å². The number of hydrogen-bond donors (Lipinski definition) is 1. The number of rotatable bonds is 5. The lowest BCUT2D eigenvalue weighted by molar-refractivity contribution is -0.137. The third-order valence-corrected chi connectivity index (χ3v) is 4.42. The largest absolute Gasteiger partial charge is 0.481 e. The summed E-state index contributed by atoms with van der Waals surface area (Å²) in [6, 6.07) is 0. The van der Waals surface area contributed by atoms with Gasteiger partial charge in [-0.25, -0.2) is 0 Å². The van der Waals surface area contributed by atoms with Gasteiger partial charge in [0.1, 0.15) is 0 Å². The lowest BCUT2D eigenvalue weighted by atomic mass is 10.2. The number of hydrogen-bond acceptors (Lipinski definition) is 4. The fourth-order valence-electron chi connectivity index (χ4n) is 3.04. The summed E-state index contributed by atoms with van der Waals surface area (Å²) in [5, 5.41) is 8.70. The first-order valence-electron chi connectivity index (χ1n) is 8.09. The van der Waals surface area contributed by atoms with Crippen LogP contribution in [0.3, 0.4) is 0 Å². The Labute approximate surface area is 126 Å². The maximum absolute atomic E-state index is 12.3. The zero-order valence-corrected chi connectivity index (χ0v) is 12.8. The number of amides is 1. The van der Waals surface area contributed by atoms with E-state index in [1.54, 1.807) is 0 Å². The molecule has 2 aliphatic rings. The number of aliphatic carboxylic acids is 1. The monoisotopic (exact) mass is 297 g/mol. The Morgan fingerprint density at radius 3 is 1.95 bits per heavy atom. The summed E-state index contributed by atoms with van der Waals surface area (Å²) >= 11 is 0. The molecule has 2 fully saturated rings.